The van der Waals surface area contributed by atoms with Gasteiger partial charge in [-0.15, -0.1) is 0 Å². The highest BCUT2D eigenvalue weighted by Crippen LogP contribution is 2.07. The van der Waals surface area contributed by atoms with Crippen LogP contribution in [0.3, 0.4) is 0 Å². The Hall–Kier alpha value is -0.500. The number of hydrogen-bond acceptors (Lipinski definition) is 1. The molecule has 0 aromatic rings. The lowest BCUT2D eigenvalue weighted by atomic mass is 10.3. The summed E-state index contributed by atoms with van der Waals surface area (Å²) >= 11 is 5.51. The van der Waals surface area contributed by atoms with E-state index in [2.05, 4.69) is 5.32 Å². The van der Waals surface area contributed by atoms with Crippen molar-refractivity contribution in [1.82, 2.24) is 5.32 Å². The summed E-state index contributed by atoms with van der Waals surface area (Å²) in [5.41, 5.74) is 0. The Morgan fingerprint density at radius 2 is 2.50 bits per heavy atom. The minimum atomic E-state index is -0.0822. The van der Waals surface area contributed by atoms with Gasteiger partial charge in [0.25, 0.3) is 0 Å². The van der Waals surface area contributed by atoms with Gasteiger partial charge in [-0.2, -0.15) is 0 Å². The molecule has 0 fully saturated rings. The van der Waals surface area contributed by atoms with E-state index >= 15 is 0 Å². The normalized spacial score (nSPS) is 19.6. The minimum Gasteiger partial charge on any atom is -0.352 e. The van der Waals surface area contributed by atoms with Crippen LogP contribution in [0.5, 0.6) is 0 Å². The topological polar surface area (TPSA) is 29.1 Å². The van der Waals surface area contributed by atoms with Gasteiger partial charge < -0.3 is 5.32 Å². The van der Waals surface area contributed by atoms with Crippen LogP contribution in [0, 0.1) is 0 Å². The lowest BCUT2D eigenvalue weighted by Crippen LogP contribution is -2.25. The molecule has 3 heteroatoms. The van der Waals surface area contributed by atoms with Crippen LogP contribution in [0.25, 0.3) is 0 Å². The maximum atomic E-state index is 10.4. The highest BCUT2D eigenvalue weighted by molar-refractivity contribution is 6.31. The van der Waals surface area contributed by atoms with Crippen molar-refractivity contribution in [3.05, 3.63) is 11.1 Å². The second-order valence-corrected chi connectivity index (χ2v) is 2.12. The maximum absolute atomic E-state index is 10.4. The van der Waals surface area contributed by atoms with Gasteiger partial charge in [-0.3, -0.25) is 4.79 Å². The van der Waals surface area contributed by atoms with Crippen LogP contribution in [0.2, 0.25) is 0 Å². The first-order valence-corrected chi connectivity index (χ1v) is 2.81. The SMILES string of the molecule is O=C1C=C(Cl)CCN1. The van der Waals surface area contributed by atoms with E-state index in [9.17, 15) is 4.79 Å². The average Bonchev–Trinajstić information content (AvgIpc) is 1.64. The molecule has 44 valence electrons. The average molecular weight is 132 g/mol. The first kappa shape index (κ1) is 5.63. The van der Waals surface area contributed by atoms with Gasteiger partial charge in [0, 0.05) is 24.1 Å². The summed E-state index contributed by atoms with van der Waals surface area (Å²) in [7, 11) is 0. The Kier molecular flexibility index (Phi) is 1.53. The molecule has 0 unspecified atom stereocenters. The van der Waals surface area contributed by atoms with Crippen molar-refractivity contribution in [2.75, 3.05) is 6.54 Å². The van der Waals surface area contributed by atoms with Gasteiger partial charge in [0.1, 0.15) is 0 Å². The third kappa shape index (κ3) is 1.23. The Morgan fingerprint density at radius 1 is 1.75 bits per heavy atom. The molecule has 0 aliphatic carbocycles. The quantitative estimate of drug-likeness (QED) is 0.513. The summed E-state index contributed by atoms with van der Waals surface area (Å²) in [4.78, 5) is 10.4. The van der Waals surface area contributed by atoms with Gasteiger partial charge in [0.2, 0.25) is 5.91 Å². The molecule has 1 rings (SSSR count). The Bertz CT molecular complexity index is 141. The molecule has 0 radical (unpaired) electrons. The number of nitrogens with one attached hydrogen (secondary N) is 1. The second-order valence-electron chi connectivity index (χ2n) is 1.63. The van der Waals surface area contributed by atoms with Crippen molar-refractivity contribution in [3.63, 3.8) is 0 Å². The van der Waals surface area contributed by atoms with E-state index in [0.717, 1.165) is 6.42 Å². The zero-order chi connectivity index (χ0) is 5.98. The Labute approximate surface area is 52.5 Å². The summed E-state index contributed by atoms with van der Waals surface area (Å²) in [6.07, 6.45) is 2.18. The third-order valence-electron chi connectivity index (χ3n) is 0.951. The molecule has 0 saturated heterocycles. The standard InChI is InChI=1S/C5H6ClNO/c6-4-1-2-7-5(8)3-4/h3H,1-2H2,(H,7,8). The van der Waals surface area contributed by atoms with Crippen LogP contribution >= 0.6 is 11.6 Å². The van der Waals surface area contributed by atoms with E-state index in [-0.39, 0.29) is 5.91 Å². The maximum Gasteiger partial charge on any atom is 0.245 e. The van der Waals surface area contributed by atoms with E-state index in [4.69, 9.17) is 11.6 Å². The molecule has 8 heavy (non-hydrogen) atoms. The molecule has 1 N–H and O–H groups in total. The highest BCUT2D eigenvalue weighted by Gasteiger charge is 2.04. The monoisotopic (exact) mass is 131 g/mol. The van der Waals surface area contributed by atoms with E-state index in [0.29, 0.717) is 11.6 Å². The summed E-state index contributed by atoms with van der Waals surface area (Å²) in [5.74, 6) is -0.0822. The van der Waals surface area contributed by atoms with E-state index in [1.165, 1.54) is 6.08 Å². The van der Waals surface area contributed by atoms with Gasteiger partial charge in [-0.05, 0) is 0 Å². The first-order valence-electron chi connectivity index (χ1n) is 2.43. The van der Waals surface area contributed by atoms with Crippen molar-refractivity contribution < 1.29 is 4.79 Å². The smallest absolute Gasteiger partial charge is 0.245 e. The number of rotatable bonds is 0. The lowest BCUT2D eigenvalue weighted by molar-refractivity contribution is -0.116. The zero-order valence-electron chi connectivity index (χ0n) is 4.28. The number of hydrogen-bond donors (Lipinski definition) is 1. The molecule has 0 aromatic heterocycles. The Morgan fingerprint density at radius 3 is 2.88 bits per heavy atom. The van der Waals surface area contributed by atoms with Gasteiger partial charge in [-0.25, -0.2) is 0 Å². The highest BCUT2D eigenvalue weighted by atomic mass is 35.5. The fourth-order valence-electron chi connectivity index (χ4n) is 0.571. The molecular weight excluding hydrogens is 126 g/mol. The van der Waals surface area contributed by atoms with Crippen LogP contribution in [-0.2, 0) is 4.79 Å². The van der Waals surface area contributed by atoms with Crippen molar-refractivity contribution >= 4 is 17.5 Å². The van der Waals surface area contributed by atoms with Crippen molar-refractivity contribution in [3.8, 4) is 0 Å². The van der Waals surface area contributed by atoms with Gasteiger partial charge in [-0.1, -0.05) is 11.6 Å². The van der Waals surface area contributed by atoms with Crippen molar-refractivity contribution in [2.24, 2.45) is 0 Å². The lowest BCUT2D eigenvalue weighted by Gasteiger charge is -2.06. The molecule has 1 aliphatic heterocycles. The third-order valence-corrected chi connectivity index (χ3v) is 1.25. The fourth-order valence-corrected chi connectivity index (χ4v) is 0.764. The Balaban J connectivity index is 2.64. The van der Waals surface area contributed by atoms with Crippen LogP contribution in [0.4, 0.5) is 0 Å². The van der Waals surface area contributed by atoms with Gasteiger partial charge in [0.05, 0.1) is 0 Å². The van der Waals surface area contributed by atoms with E-state index < -0.39 is 0 Å². The summed E-state index contributed by atoms with van der Waals surface area (Å²) in [6, 6.07) is 0. The first-order chi connectivity index (χ1) is 3.79. The molecule has 0 spiro atoms. The molecule has 0 saturated carbocycles. The van der Waals surface area contributed by atoms with Gasteiger partial charge >= 0.3 is 0 Å². The molecule has 0 aromatic carbocycles. The van der Waals surface area contributed by atoms with E-state index in [1.807, 2.05) is 0 Å². The molecule has 2 nitrogen and oxygen atoms in total. The summed E-state index contributed by atoms with van der Waals surface area (Å²) in [6.45, 7) is 0.675. The number of halogens is 1. The molecule has 0 bridgehead atoms. The minimum absolute atomic E-state index is 0.0822. The fraction of sp³-hybridized carbons (Fsp3) is 0.400. The van der Waals surface area contributed by atoms with Crippen LogP contribution in [-0.4, -0.2) is 12.5 Å². The molecule has 0 atom stereocenters. The second kappa shape index (κ2) is 2.18. The van der Waals surface area contributed by atoms with Crippen molar-refractivity contribution in [2.45, 2.75) is 6.42 Å². The molecular formula is C5H6ClNO. The number of carbonyl (C=O) groups excluding carboxylic acids is 1. The van der Waals surface area contributed by atoms with Crippen LogP contribution in [0.15, 0.2) is 11.1 Å². The zero-order valence-corrected chi connectivity index (χ0v) is 5.03. The largest absolute Gasteiger partial charge is 0.352 e. The summed E-state index contributed by atoms with van der Waals surface area (Å²) in [5, 5.41) is 3.26. The van der Waals surface area contributed by atoms with Crippen LogP contribution in [0.1, 0.15) is 6.42 Å². The summed E-state index contributed by atoms with van der Waals surface area (Å²) < 4.78 is 0. The predicted octanol–water partition coefficient (Wildman–Crippen LogP) is 0.629. The van der Waals surface area contributed by atoms with E-state index in [1.54, 1.807) is 0 Å². The molecule has 1 heterocycles. The van der Waals surface area contributed by atoms with Crippen LogP contribution < -0.4 is 5.32 Å². The molecule has 1 amide bonds. The number of carbonyl (C=O) groups is 1. The molecule has 1 aliphatic rings. The number of amides is 1. The van der Waals surface area contributed by atoms with Crippen molar-refractivity contribution in [1.29, 1.82) is 0 Å². The predicted molar refractivity (Wildman–Crippen MR) is 31.6 cm³/mol. The van der Waals surface area contributed by atoms with Gasteiger partial charge in [0.15, 0.2) is 0 Å².